The van der Waals surface area contributed by atoms with Gasteiger partial charge in [-0.2, -0.15) is 4.31 Å². The highest BCUT2D eigenvalue weighted by atomic mass is 32.2. The van der Waals surface area contributed by atoms with Crippen LogP contribution in [0.25, 0.3) is 0 Å². The molecule has 1 saturated heterocycles. The summed E-state index contributed by atoms with van der Waals surface area (Å²) in [7, 11) is -1.96. The number of amides is 1. The van der Waals surface area contributed by atoms with Gasteiger partial charge in [-0.1, -0.05) is 31.0 Å². The van der Waals surface area contributed by atoms with Crippen molar-refractivity contribution in [3.63, 3.8) is 0 Å². The van der Waals surface area contributed by atoms with Gasteiger partial charge in [0.2, 0.25) is 10.0 Å². The van der Waals surface area contributed by atoms with Gasteiger partial charge < -0.3 is 10.1 Å². The summed E-state index contributed by atoms with van der Waals surface area (Å²) < 4.78 is 32.6. The van der Waals surface area contributed by atoms with Crippen molar-refractivity contribution in [3.05, 3.63) is 59.7 Å². The Morgan fingerprint density at radius 3 is 2.46 bits per heavy atom. The first kappa shape index (κ1) is 20.5. The van der Waals surface area contributed by atoms with Gasteiger partial charge in [-0.05, 0) is 48.7 Å². The zero-order chi connectivity index (χ0) is 20.0. The summed E-state index contributed by atoms with van der Waals surface area (Å²) in [6.45, 7) is 1.51. The Morgan fingerprint density at radius 2 is 1.75 bits per heavy atom. The first-order valence-corrected chi connectivity index (χ1v) is 10.9. The van der Waals surface area contributed by atoms with E-state index in [1.54, 1.807) is 47.8 Å². The first-order valence-electron chi connectivity index (χ1n) is 9.50. The minimum absolute atomic E-state index is 0.209. The number of nitrogens with one attached hydrogen (secondary N) is 1. The summed E-state index contributed by atoms with van der Waals surface area (Å²) in [5.74, 6) is -0.290. The van der Waals surface area contributed by atoms with E-state index in [9.17, 15) is 13.2 Å². The van der Waals surface area contributed by atoms with E-state index in [4.69, 9.17) is 4.74 Å². The fourth-order valence-corrected chi connectivity index (χ4v) is 4.90. The van der Waals surface area contributed by atoms with Crippen LogP contribution in [0.5, 0.6) is 0 Å². The second-order valence-electron chi connectivity index (χ2n) is 6.93. The zero-order valence-electron chi connectivity index (χ0n) is 16.1. The molecule has 0 saturated carbocycles. The molecule has 3 rings (SSSR count). The molecule has 7 heteroatoms. The number of benzene rings is 2. The molecule has 2 aromatic rings. The van der Waals surface area contributed by atoms with Gasteiger partial charge in [-0.25, -0.2) is 8.42 Å². The Labute approximate surface area is 166 Å². The summed E-state index contributed by atoms with van der Waals surface area (Å²) in [6, 6.07) is 13.6. The quantitative estimate of drug-likeness (QED) is 0.800. The maximum absolute atomic E-state index is 13.0. The van der Waals surface area contributed by atoms with Crippen LogP contribution in [0.2, 0.25) is 0 Å². The number of carbonyl (C=O) groups is 1. The lowest BCUT2D eigenvalue weighted by Crippen LogP contribution is -2.32. The third kappa shape index (κ3) is 4.98. The number of carbonyl (C=O) groups excluding carboxylic acids is 1. The molecule has 1 fully saturated rings. The molecule has 28 heavy (non-hydrogen) atoms. The molecular formula is C21H26N2O4S. The van der Waals surface area contributed by atoms with Gasteiger partial charge >= 0.3 is 0 Å². The number of methoxy groups -OCH3 is 1. The van der Waals surface area contributed by atoms with E-state index in [0.717, 1.165) is 31.2 Å². The van der Waals surface area contributed by atoms with Gasteiger partial charge in [-0.15, -0.1) is 0 Å². The average molecular weight is 403 g/mol. The molecule has 1 aliphatic rings. The maximum Gasteiger partial charge on any atom is 0.255 e. The van der Waals surface area contributed by atoms with E-state index in [1.165, 1.54) is 6.07 Å². The number of hydrogen-bond donors (Lipinski definition) is 1. The second-order valence-corrected chi connectivity index (χ2v) is 8.87. The number of anilines is 1. The molecular weight excluding hydrogens is 376 g/mol. The normalized spacial score (nSPS) is 15.8. The molecule has 1 amide bonds. The van der Waals surface area contributed by atoms with Crippen LogP contribution in [0.1, 0.15) is 41.6 Å². The number of sulfonamides is 1. The largest absolute Gasteiger partial charge is 0.380 e. The van der Waals surface area contributed by atoms with Crippen LogP contribution in [-0.4, -0.2) is 38.8 Å². The van der Waals surface area contributed by atoms with E-state index in [-0.39, 0.29) is 10.8 Å². The predicted octanol–water partition coefficient (Wildman–Crippen LogP) is 3.65. The van der Waals surface area contributed by atoms with Crippen LogP contribution in [0.4, 0.5) is 5.69 Å². The molecule has 6 nitrogen and oxygen atoms in total. The highest BCUT2D eigenvalue weighted by Gasteiger charge is 2.25. The SMILES string of the molecule is COCc1cccc(C(=O)Nc2cccc(S(=O)(=O)N3CCCCCC3)c2)c1. The van der Waals surface area contributed by atoms with Gasteiger partial charge in [0, 0.05) is 31.5 Å². The molecule has 0 unspecified atom stereocenters. The summed E-state index contributed by atoms with van der Waals surface area (Å²) in [4.78, 5) is 12.8. The van der Waals surface area contributed by atoms with E-state index >= 15 is 0 Å². The Hall–Kier alpha value is -2.22. The van der Waals surface area contributed by atoms with Gasteiger partial charge in [0.05, 0.1) is 11.5 Å². The zero-order valence-corrected chi connectivity index (χ0v) is 16.9. The van der Waals surface area contributed by atoms with Crippen LogP contribution in [-0.2, 0) is 21.4 Å². The summed E-state index contributed by atoms with van der Waals surface area (Å²) in [6.07, 6.45) is 3.88. The lowest BCUT2D eigenvalue weighted by molar-refractivity contribution is 0.102. The lowest BCUT2D eigenvalue weighted by Gasteiger charge is -2.20. The van der Waals surface area contributed by atoms with E-state index in [2.05, 4.69) is 5.32 Å². The van der Waals surface area contributed by atoms with Gasteiger partial charge in [-0.3, -0.25) is 4.79 Å². The smallest absolute Gasteiger partial charge is 0.255 e. The Bertz CT molecular complexity index is 920. The van der Waals surface area contributed by atoms with Crippen molar-refractivity contribution < 1.29 is 17.9 Å². The van der Waals surface area contributed by atoms with E-state index in [0.29, 0.717) is 30.9 Å². The van der Waals surface area contributed by atoms with Crippen LogP contribution < -0.4 is 5.32 Å². The van der Waals surface area contributed by atoms with Crippen molar-refractivity contribution in [1.29, 1.82) is 0 Å². The van der Waals surface area contributed by atoms with Crippen molar-refractivity contribution in [1.82, 2.24) is 4.31 Å². The van der Waals surface area contributed by atoms with Crippen LogP contribution >= 0.6 is 0 Å². The molecule has 1 N–H and O–H groups in total. The molecule has 0 atom stereocenters. The van der Waals surface area contributed by atoms with Crippen molar-refractivity contribution in [2.24, 2.45) is 0 Å². The topological polar surface area (TPSA) is 75.7 Å². The highest BCUT2D eigenvalue weighted by molar-refractivity contribution is 7.89. The van der Waals surface area contributed by atoms with Gasteiger partial charge in [0.1, 0.15) is 0 Å². The summed E-state index contributed by atoms with van der Waals surface area (Å²) >= 11 is 0. The molecule has 2 aromatic carbocycles. The van der Waals surface area contributed by atoms with Crippen LogP contribution in [0.3, 0.4) is 0 Å². The fourth-order valence-electron chi connectivity index (χ4n) is 3.34. The molecule has 1 aliphatic heterocycles. The van der Waals surface area contributed by atoms with Gasteiger partial charge in [0.25, 0.3) is 5.91 Å². The highest BCUT2D eigenvalue weighted by Crippen LogP contribution is 2.23. The minimum Gasteiger partial charge on any atom is -0.380 e. The Balaban J connectivity index is 1.77. The fraction of sp³-hybridized carbons (Fsp3) is 0.381. The van der Waals surface area contributed by atoms with Crippen molar-refractivity contribution in [3.8, 4) is 0 Å². The van der Waals surface area contributed by atoms with E-state index < -0.39 is 10.0 Å². The third-order valence-corrected chi connectivity index (χ3v) is 6.69. The molecule has 0 spiro atoms. The van der Waals surface area contributed by atoms with Crippen LogP contribution in [0, 0.1) is 0 Å². The average Bonchev–Trinajstić information content (AvgIpc) is 2.99. The second kappa shape index (κ2) is 9.32. The summed E-state index contributed by atoms with van der Waals surface area (Å²) in [5, 5.41) is 2.79. The number of ether oxygens (including phenoxy) is 1. The first-order chi connectivity index (χ1) is 13.5. The molecule has 1 heterocycles. The van der Waals surface area contributed by atoms with E-state index in [1.807, 2.05) is 6.07 Å². The lowest BCUT2D eigenvalue weighted by atomic mass is 10.1. The van der Waals surface area contributed by atoms with Crippen molar-refractivity contribution in [2.75, 3.05) is 25.5 Å². The number of rotatable bonds is 6. The van der Waals surface area contributed by atoms with Gasteiger partial charge in [0.15, 0.2) is 0 Å². The molecule has 0 aromatic heterocycles. The minimum atomic E-state index is -3.56. The number of nitrogens with zero attached hydrogens (tertiary/aromatic N) is 1. The molecule has 150 valence electrons. The maximum atomic E-state index is 13.0. The third-order valence-electron chi connectivity index (χ3n) is 4.79. The Kier molecular flexibility index (Phi) is 6.83. The predicted molar refractivity (Wildman–Crippen MR) is 109 cm³/mol. The van der Waals surface area contributed by atoms with Crippen LogP contribution in [0.15, 0.2) is 53.4 Å². The molecule has 0 aliphatic carbocycles. The number of hydrogen-bond acceptors (Lipinski definition) is 4. The molecule has 0 radical (unpaired) electrons. The summed E-state index contributed by atoms with van der Waals surface area (Å²) in [5.41, 5.74) is 1.85. The Morgan fingerprint density at radius 1 is 1.04 bits per heavy atom. The molecule has 0 bridgehead atoms. The van der Waals surface area contributed by atoms with Crippen molar-refractivity contribution in [2.45, 2.75) is 37.2 Å². The van der Waals surface area contributed by atoms with Crippen molar-refractivity contribution >= 4 is 21.6 Å². The standard InChI is InChI=1S/C21H26N2O4S/c1-27-16-17-8-6-9-18(14-17)21(24)22-19-10-7-11-20(15-19)28(25,26)23-12-4-2-3-5-13-23/h6-11,14-15H,2-5,12-13,16H2,1H3,(H,22,24). The monoisotopic (exact) mass is 402 g/mol.